The Labute approximate surface area is 248 Å². The molecule has 210 valence electrons. The van der Waals surface area contributed by atoms with Crippen molar-refractivity contribution in [1.29, 1.82) is 0 Å². The van der Waals surface area contributed by atoms with Crippen LogP contribution in [0.3, 0.4) is 0 Å². The maximum absolute atomic E-state index is 13.9. The maximum atomic E-state index is 13.9. The first-order valence-corrected chi connectivity index (χ1v) is 19.4. The SMILES string of the molecule is O=C1c2ccccc2C(=O)N1[O][Sb]([O]N1C(=O)c2ccccc2C1=O)([c]1ccccc1)([c]1ccccc1)[c]1ccccc1. The van der Waals surface area contributed by atoms with E-state index in [9.17, 15) is 19.2 Å². The molecule has 2 aliphatic heterocycles. The van der Waals surface area contributed by atoms with Gasteiger partial charge in [-0.25, -0.2) is 0 Å². The number of imide groups is 2. The molecule has 5 aromatic rings. The molecule has 0 saturated carbocycles. The van der Waals surface area contributed by atoms with E-state index in [0.29, 0.717) is 10.5 Å². The summed E-state index contributed by atoms with van der Waals surface area (Å²) in [6, 6.07) is 39.7. The summed E-state index contributed by atoms with van der Waals surface area (Å²) in [7, 11) is 0. The second kappa shape index (κ2) is 10.1. The van der Waals surface area contributed by atoms with Gasteiger partial charge < -0.3 is 0 Å². The van der Waals surface area contributed by atoms with Crippen molar-refractivity contribution in [3.8, 4) is 0 Å². The van der Waals surface area contributed by atoms with Crippen molar-refractivity contribution in [2.24, 2.45) is 0 Å². The van der Waals surface area contributed by atoms with Crippen LogP contribution in [0.2, 0.25) is 0 Å². The van der Waals surface area contributed by atoms with Gasteiger partial charge in [0.2, 0.25) is 0 Å². The van der Waals surface area contributed by atoms with Gasteiger partial charge in [-0.15, -0.1) is 0 Å². The van der Waals surface area contributed by atoms with Crippen LogP contribution in [0.25, 0.3) is 0 Å². The molecule has 0 unspecified atom stereocenters. The van der Waals surface area contributed by atoms with Gasteiger partial charge in [0.05, 0.1) is 0 Å². The summed E-state index contributed by atoms with van der Waals surface area (Å²) in [5, 5.41) is 1.47. The molecule has 9 heteroatoms. The molecule has 2 heterocycles. The van der Waals surface area contributed by atoms with Gasteiger partial charge in [-0.05, 0) is 0 Å². The van der Waals surface area contributed by atoms with Crippen molar-refractivity contribution in [3.63, 3.8) is 0 Å². The molecule has 7 rings (SSSR count). The van der Waals surface area contributed by atoms with Crippen molar-refractivity contribution < 1.29 is 25.4 Å². The van der Waals surface area contributed by atoms with E-state index >= 15 is 0 Å². The fraction of sp³-hybridized carbons (Fsp3) is 0. The minimum atomic E-state index is -6.37. The third kappa shape index (κ3) is 3.84. The molecule has 0 radical (unpaired) electrons. The van der Waals surface area contributed by atoms with E-state index in [1.54, 1.807) is 121 Å². The Balaban J connectivity index is 1.56. The second-order valence-electron chi connectivity index (χ2n) is 10.0. The molecule has 0 atom stereocenters. The van der Waals surface area contributed by atoms with Crippen molar-refractivity contribution in [2.75, 3.05) is 0 Å². The number of benzene rings is 5. The Bertz CT molecular complexity index is 1680. The first-order valence-electron chi connectivity index (χ1n) is 13.5. The normalized spacial score (nSPS) is 15.3. The monoisotopic (exact) mass is 676 g/mol. The number of hydrogen-bond acceptors (Lipinski definition) is 6. The summed E-state index contributed by atoms with van der Waals surface area (Å²) in [5.74, 6) is -2.69. The fourth-order valence-corrected chi connectivity index (χ4v) is 18.6. The third-order valence-electron chi connectivity index (χ3n) is 7.66. The fourth-order valence-electron chi connectivity index (χ4n) is 5.64. The van der Waals surface area contributed by atoms with Gasteiger partial charge in [-0.3, -0.25) is 0 Å². The molecule has 0 aliphatic carbocycles. The van der Waals surface area contributed by atoms with Gasteiger partial charge in [0.1, 0.15) is 0 Å². The minimum absolute atomic E-state index is 0.177. The zero-order chi connectivity index (χ0) is 29.6. The van der Waals surface area contributed by atoms with Crippen molar-refractivity contribution in [3.05, 3.63) is 162 Å². The molecule has 0 fully saturated rings. The standard InChI is InChI=1S/2C8H4NO3.3C6H5.Sb/c2*10-7-5-3-1-2-4-6(5)8(11)9(7)12;3*1-2-4-6-5-3-1;/h2*1-4H;3*1-5H;/q2*-1;;;;+2. The Hall–Kier alpha value is -4.88. The van der Waals surface area contributed by atoms with Crippen LogP contribution < -0.4 is 10.5 Å². The molecule has 2 aliphatic rings. The molecule has 4 amide bonds. The topological polar surface area (TPSA) is 93.2 Å². The quantitative estimate of drug-likeness (QED) is 0.193. The van der Waals surface area contributed by atoms with Gasteiger partial charge in [0.15, 0.2) is 0 Å². The Morgan fingerprint density at radius 1 is 0.349 bits per heavy atom. The first-order chi connectivity index (χ1) is 20.9. The summed E-state index contributed by atoms with van der Waals surface area (Å²) in [5.41, 5.74) is 0.709. The van der Waals surface area contributed by atoms with Crippen LogP contribution in [-0.2, 0) is 6.23 Å². The summed E-state index contributed by atoms with van der Waals surface area (Å²) in [6.07, 6.45) is 0. The van der Waals surface area contributed by atoms with Crippen LogP contribution in [0.4, 0.5) is 0 Å². The van der Waals surface area contributed by atoms with Crippen molar-refractivity contribution >= 4 is 52.4 Å². The molecule has 0 aromatic heterocycles. The number of carbonyl (C=O) groups excluding carboxylic acids is 4. The third-order valence-corrected chi connectivity index (χ3v) is 21.0. The molecule has 8 nitrogen and oxygen atoms in total. The molecule has 0 bridgehead atoms. The molecule has 0 spiro atoms. The molecular formula is C34H23N2O6Sb. The summed E-state index contributed by atoms with van der Waals surface area (Å²) in [4.78, 5) is 55.5. The second-order valence-corrected chi connectivity index (χ2v) is 20.8. The Morgan fingerprint density at radius 3 is 0.837 bits per heavy atom. The van der Waals surface area contributed by atoms with E-state index in [2.05, 4.69) is 0 Å². The number of fused-ring (bicyclic) bond motifs is 2. The number of hydrogen-bond donors (Lipinski definition) is 0. The molecule has 0 saturated heterocycles. The number of nitrogens with zero attached hydrogens (tertiary/aromatic N) is 2. The van der Waals surface area contributed by atoms with Crippen LogP contribution in [0.1, 0.15) is 41.4 Å². The van der Waals surface area contributed by atoms with Crippen LogP contribution in [0.5, 0.6) is 0 Å². The van der Waals surface area contributed by atoms with Gasteiger partial charge in [-0.2, -0.15) is 0 Å². The van der Waals surface area contributed by atoms with E-state index in [1.165, 1.54) is 0 Å². The zero-order valence-electron chi connectivity index (χ0n) is 22.6. The van der Waals surface area contributed by atoms with Gasteiger partial charge >= 0.3 is 250 Å². The van der Waals surface area contributed by atoms with E-state index < -0.39 is 41.9 Å². The van der Waals surface area contributed by atoms with Crippen molar-refractivity contribution in [2.45, 2.75) is 0 Å². The summed E-state index contributed by atoms with van der Waals surface area (Å²) in [6.45, 7) is 0. The van der Waals surface area contributed by atoms with Crippen LogP contribution >= 0.6 is 0 Å². The zero-order valence-corrected chi connectivity index (χ0v) is 25.1. The predicted molar refractivity (Wildman–Crippen MR) is 160 cm³/mol. The molecule has 43 heavy (non-hydrogen) atoms. The number of amides is 4. The predicted octanol–water partition coefficient (Wildman–Crippen LogP) is 3.56. The van der Waals surface area contributed by atoms with Crippen LogP contribution in [0.15, 0.2) is 140 Å². The van der Waals surface area contributed by atoms with E-state index in [1.807, 2.05) is 18.2 Å². The average Bonchev–Trinajstić information content (AvgIpc) is 3.45. The number of carbonyl (C=O) groups is 4. The van der Waals surface area contributed by atoms with Crippen LogP contribution in [-0.4, -0.2) is 52.0 Å². The van der Waals surface area contributed by atoms with E-state index in [-0.39, 0.29) is 22.3 Å². The molecule has 5 aromatic carbocycles. The number of rotatable bonds is 7. The Morgan fingerprint density at radius 2 is 0.581 bits per heavy atom. The Kier molecular flexibility index (Phi) is 6.36. The molecule has 0 N–H and O–H groups in total. The summed E-state index contributed by atoms with van der Waals surface area (Å²) >= 11 is -6.37. The van der Waals surface area contributed by atoms with Crippen LogP contribution in [0, 0.1) is 0 Å². The van der Waals surface area contributed by atoms with Gasteiger partial charge in [-0.1, -0.05) is 0 Å². The van der Waals surface area contributed by atoms with Gasteiger partial charge in [0.25, 0.3) is 0 Å². The van der Waals surface area contributed by atoms with E-state index in [0.717, 1.165) is 10.1 Å². The van der Waals surface area contributed by atoms with E-state index in [4.69, 9.17) is 6.23 Å². The molecular weight excluding hydrogens is 654 g/mol. The average molecular weight is 677 g/mol. The van der Waals surface area contributed by atoms with Gasteiger partial charge in [0, 0.05) is 0 Å². The summed E-state index contributed by atoms with van der Waals surface area (Å²) < 4.78 is 15.4. The number of hydroxylamine groups is 4. The van der Waals surface area contributed by atoms with Crippen molar-refractivity contribution in [1.82, 2.24) is 10.1 Å². The first kappa shape index (κ1) is 27.0.